The maximum Gasteiger partial charge on any atom is 0.401 e. The van der Waals surface area contributed by atoms with Crippen molar-refractivity contribution in [2.24, 2.45) is 0 Å². The Bertz CT molecular complexity index is 890. The summed E-state index contributed by atoms with van der Waals surface area (Å²) in [5, 5.41) is 0. The van der Waals surface area contributed by atoms with Crippen molar-refractivity contribution in [3.8, 4) is 11.5 Å². The molecule has 9 heteroatoms. The van der Waals surface area contributed by atoms with E-state index < -0.39 is 30.6 Å². The summed E-state index contributed by atoms with van der Waals surface area (Å²) in [6.45, 7) is 0.586. The predicted octanol–water partition coefficient (Wildman–Crippen LogP) is 4.61. The zero-order valence-corrected chi connectivity index (χ0v) is 15.8. The number of rotatable bonds is 2. The maximum atomic E-state index is 14.7. The number of halogens is 5. The lowest BCUT2D eigenvalue weighted by atomic mass is 9.86. The highest BCUT2D eigenvalue weighted by atomic mass is 79.9. The van der Waals surface area contributed by atoms with Gasteiger partial charge < -0.3 is 9.47 Å². The standard InChI is InChI=1S/C18H15BrF4N2O2/c1-9-2-10-3-14-15(27-8-26-14)5-12(10)17(25(9)7-18(21,22)23)16-13(20)4-11(19)6-24-16/h3-6,9,17H,2,7-8H2,1H3/t9-,17+/m1/s1. The van der Waals surface area contributed by atoms with E-state index in [0.29, 0.717) is 28.0 Å². The van der Waals surface area contributed by atoms with Crippen LogP contribution < -0.4 is 9.47 Å². The Kier molecular flexibility index (Phi) is 4.54. The summed E-state index contributed by atoms with van der Waals surface area (Å²) in [6, 6.07) is 3.17. The smallest absolute Gasteiger partial charge is 0.401 e. The van der Waals surface area contributed by atoms with Crippen LogP contribution in [0.4, 0.5) is 17.6 Å². The van der Waals surface area contributed by atoms with Crippen LogP contribution in [0.3, 0.4) is 0 Å². The number of alkyl halides is 3. The second-order valence-electron chi connectivity index (χ2n) is 6.67. The third-order valence-corrected chi connectivity index (χ3v) is 5.23. The van der Waals surface area contributed by atoms with Gasteiger partial charge in [0.25, 0.3) is 0 Å². The quantitative estimate of drug-likeness (QED) is 0.630. The number of hydrogen-bond acceptors (Lipinski definition) is 4. The summed E-state index contributed by atoms with van der Waals surface area (Å²) in [7, 11) is 0. The number of fused-ring (bicyclic) bond motifs is 2. The van der Waals surface area contributed by atoms with Crippen LogP contribution in [0.2, 0.25) is 0 Å². The van der Waals surface area contributed by atoms with Crippen LogP contribution >= 0.6 is 15.9 Å². The van der Waals surface area contributed by atoms with E-state index in [0.717, 1.165) is 5.56 Å². The highest BCUT2D eigenvalue weighted by Crippen LogP contribution is 2.45. The summed E-state index contributed by atoms with van der Waals surface area (Å²) in [5.74, 6) is 0.324. The highest BCUT2D eigenvalue weighted by molar-refractivity contribution is 9.10. The van der Waals surface area contributed by atoms with Gasteiger partial charge in [0.15, 0.2) is 11.5 Å². The first-order valence-electron chi connectivity index (χ1n) is 8.29. The lowest BCUT2D eigenvalue weighted by Crippen LogP contribution is -2.47. The zero-order valence-electron chi connectivity index (χ0n) is 14.2. The molecule has 0 unspecified atom stereocenters. The molecule has 0 amide bonds. The molecule has 1 aromatic heterocycles. The van der Waals surface area contributed by atoms with Crippen LogP contribution in [0.5, 0.6) is 11.5 Å². The first-order chi connectivity index (χ1) is 12.7. The van der Waals surface area contributed by atoms with Crippen molar-refractivity contribution in [2.45, 2.75) is 31.6 Å². The SMILES string of the molecule is C[C@@H]1Cc2cc3c(cc2[C@@H](c2ncc(Br)cc2F)N1CC(F)(F)F)OCO3. The fourth-order valence-corrected chi connectivity index (χ4v) is 3.99. The molecule has 0 radical (unpaired) electrons. The molecule has 0 aliphatic carbocycles. The maximum absolute atomic E-state index is 14.7. The molecule has 0 saturated heterocycles. The van der Waals surface area contributed by atoms with E-state index in [4.69, 9.17) is 9.47 Å². The molecule has 4 rings (SSSR count). The van der Waals surface area contributed by atoms with Crippen molar-refractivity contribution in [1.29, 1.82) is 0 Å². The average molecular weight is 447 g/mol. The Hall–Kier alpha value is -1.87. The lowest BCUT2D eigenvalue weighted by molar-refractivity contribution is -0.155. The van der Waals surface area contributed by atoms with Crippen LogP contribution in [-0.2, 0) is 6.42 Å². The Morgan fingerprint density at radius 2 is 1.93 bits per heavy atom. The third-order valence-electron chi connectivity index (χ3n) is 4.80. The Labute approximate surface area is 161 Å². The monoisotopic (exact) mass is 446 g/mol. The molecule has 27 heavy (non-hydrogen) atoms. The van der Waals surface area contributed by atoms with Gasteiger partial charge in [-0.25, -0.2) is 4.39 Å². The molecule has 0 bridgehead atoms. The van der Waals surface area contributed by atoms with E-state index in [1.165, 1.54) is 17.2 Å². The molecular weight excluding hydrogens is 432 g/mol. The fraction of sp³-hybridized carbons (Fsp3) is 0.389. The van der Waals surface area contributed by atoms with Crippen molar-refractivity contribution in [1.82, 2.24) is 9.88 Å². The van der Waals surface area contributed by atoms with Gasteiger partial charge in [0.2, 0.25) is 6.79 Å². The largest absolute Gasteiger partial charge is 0.454 e. The second kappa shape index (κ2) is 6.63. The minimum absolute atomic E-state index is 0.0471. The number of benzene rings is 1. The molecule has 4 nitrogen and oxygen atoms in total. The fourth-order valence-electron chi connectivity index (χ4n) is 3.68. The Morgan fingerprint density at radius 1 is 1.22 bits per heavy atom. The normalized spacial score (nSPS) is 22.0. The van der Waals surface area contributed by atoms with E-state index in [1.54, 1.807) is 19.1 Å². The molecular formula is C18H15BrF4N2O2. The summed E-state index contributed by atoms with van der Waals surface area (Å²) in [5.41, 5.74) is 1.31. The lowest BCUT2D eigenvalue weighted by Gasteiger charge is -2.42. The average Bonchev–Trinajstić information content (AvgIpc) is 3.01. The van der Waals surface area contributed by atoms with Gasteiger partial charge in [-0.1, -0.05) is 0 Å². The van der Waals surface area contributed by atoms with Crippen LogP contribution in [-0.4, -0.2) is 35.4 Å². The third kappa shape index (κ3) is 3.50. The van der Waals surface area contributed by atoms with Crippen LogP contribution in [0.15, 0.2) is 28.9 Å². The number of nitrogens with zero attached hydrogens (tertiary/aromatic N) is 2. The van der Waals surface area contributed by atoms with Crippen LogP contribution in [0.25, 0.3) is 0 Å². The molecule has 0 saturated carbocycles. The Balaban J connectivity index is 1.88. The van der Waals surface area contributed by atoms with E-state index in [-0.39, 0.29) is 12.5 Å². The minimum atomic E-state index is -4.42. The molecule has 2 aliphatic heterocycles. The number of ether oxygens (including phenoxy) is 2. The van der Waals surface area contributed by atoms with Crippen molar-refractivity contribution in [3.63, 3.8) is 0 Å². The molecule has 2 aromatic rings. The van der Waals surface area contributed by atoms with Gasteiger partial charge in [-0.2, -0.15) is 13.2 Å². The summed E-state index contributed by atoms with van der Waals surface area (Å²) in [6.07, 6.45) is -2.65. The minimum Gasteiger partial charge on any atom is -0.454 e. The van der Waals surface area contributed by atoms with E-state index in [1.807, 2.05) is 0 Å². The van der Waals surface area contributed by atoms with Gasteiger partial charge in [0.05, 0.1) is 18.3 Å². The van der Waals surface area contributed by atoms with Crippen molar-refractivity contribution < 1.29 is 27.0 Å². The topological polar surface area (TPSA) is 34.6 Å². The summed E-state index contributed by atoms with van der Waals surface area (Å²) < 4.78 is 65.6. The molecule has 0 N–H and O–H groups in total. The van der Waals surface area contributed by atoms with Gasteiger partial charge in [-0.3, -0.25) is 9.88 Å². The predicted molar refractivity (Wildman–Crippen MR) is 92.2 cm³/mol. The molecule has 144 valence electrons. The highest BCUT2D eigenvalue weighted by Gasteiger charge is 2.42. The van der Waals surface area contributed by atoms with E-state index in [9.17, 15) is 17.6 Å². The van der Waals surface area contributed by atoms with Crippen molar-refractivity contribution in [3.05, 3.63) is 51.5 Å². The first kappa shape index (κ1) is 18.5. The van der Waals surface area contributed by atoms with Gasteiger partial charge >= 0.3 is 6.18 Å². The molecule has 3 heterocycles. The van der Waals surface area contributed by atoms with Crippen LogP contribution in [0.1, 0.15) is 29.8 Å². The first-order valence-corrected chi connectivity index (χ1v) is 9.08. The second-order valence-corrected chi connectivity index (χ2v) is 7.58. The van der Waals surface area contributed by atoms with Gasteiger partial charge in [0, 0.05) is 16.7 Å². The number of aromatic nitrogens is 1. The summed E-state index contributed by atoms with van der Waals surface area (Å²) in [4.78, 5) is 5.35. The van der Waals surface area contributed by atoms with Crippen molar-refractivity contribution >= 4 is 15.9 Å². The molecule has 0 fully saturated rings. The van der Waals surface area contributed by atoms with Gasteiger partial charge in [-0.05, 0) is 58.6 Å². The van der Waals surface area contributed by atoms with E-state index >= 15 is 0 Å². The molecule has 2 atom stereocenters. The molecule has 0 spiro atoms. The Morgan fingerprint density at radius 3 is 2.59 bits per heavy atom. The number of hydrogen-bond donors (Lipinski definition) is 0. The van der Waals surface area contributed by atoms with E-state index in [2.05, 4.69) is 20.9 Å². The molecule has 2 aliphatic rings. The van der Waals surface area contributed by atoms with Crippen LogP contribution in [0, 0.1) is 5.82 Å². The van der Waals surface area contributed by atoms with Gasteiger partial charge in [0.1, 0.15) is 5.82 Å². The van der Waals surface area contributed by atoms with Crippen molar-refractivity contribution in [2.75, 3.05) is 13.3 Å². The van der Waals surface area contributed by atoms with Gasteiger partial charge in [-0.15, -0.1) is 0 Å². The zero-order chi connectivity index (χ0) is 19.3. The molecule has 1 aromatic carbocycles. The summed E-state index contributed by atoms with van der Waals surface area (Å²) >= 11 is 3.14. The number of pyridine rings is 1.